The third-order valence-corrected chi connectivity index (χ3v) is 2.86. The number of hydrogen-bond donors (Lipinski definition) is 1. The quantitative estimate of drug-likeness (QED) is 0.516. The molecule has 0 aromatic rings. The first-order valence-corrected chi connectivity index (χ1v) is 6.32. The molecular weight excluding hydrogens is 224 g/mol. The molecular formula is C11H20N2O2S. The van der Waals surface area contributed by atoms with Crippen LogP contribution in [-0.4, -0.2) is 42.2 Å². The van der Waals surface area contributed by atoms with E-state index in [1.165, 1.54) is 12.8 Å². The second kappa shape index (κ2) is 7.57. The van der Waals surface area contributed by atoms with Gasteiger partial charge < -0.3 is 10.1 Å². The van der Waals surface area contributed by atoms with Crippen LogP contribution in [0.25, 0.3) is 0 Å². The number of nitrogens with zero attached hydrogens (tertiary/aromatic N) is 1. The number of rotatable bonds is 8. The Kier molecular flexibility index (Phi) is 6.33. The predicted molar refractivity (Wildman–Crippen MR) is 67.3 cm³/mol. The first kappa shape index (κ1) is 13.4. The Morgan fingerprint density at radius 2 is 2.12 bits per heavy atom. The molecule has 1 amide bonds. The first-order valence-electron chi connectivity index (χ1n) is 5.91. The van der Waals surface area contributed by atoms with E-state index < -0.39 is 0 Å². The lowest BCUT2D eigenvalue weighted by Gasteiger charge is -2.14. The van der Waals surface area contributed by atoms with E-state index in [9.17, 15) is 4.79 Å². The molecule has 0 aliphatic carbocycles. The van der Waals surface area contributed by atoms with Crippen LogP contribution >= 0.6 is 12.2 Å². The summed E-state index contributed by atoms with van der Waals surface area (Å²) in [5.74, 6) is 0.0657. The van der Waals surface area contributed by atoms with Crippen molar-refractivity contribution in [2.45, 2.75) is 32.6 Å². The van der Waals surface area contributed by atoms with Gasteiger partial charge in [-0.05, 0) is 25.1 Å². The number of ether oxygens (including phenoxy) is 1. The summed E-state index contributed by atoms with van der Waals surface area (Å²) in [5.41, 5.74) is 0. The highest BCUT2D eigenvalue weighted by atomic mass is 32.1. The molecule has 92 valence electrons. The van der Waals surface area contributed by atoms with Crippen molar-refractivity contribution in [3.05, 3.63) is 0 Å². The number of carbonyl (C=O) groups is 1. The minimum Gasteiger partial charge on any atom is -0.381 e. The summed E-state index contributed by atoms with van der Waals surface area (Å²) >= 11 is 5.01. The maximum absolute atomic E-state index is 11.3. The van der Waals surface area contributed by atoms with E-state index in [0.29, 0.717) is 24.8 Å². The van der Waals surface area contributed by atoms with Gasteiger partial charge in [0.1, 0.15) is 0 Å². The van der Waals surface area contributed by atoms with Crippen molar-refractivity contribution in [2.24, 2.45) is 0 Å². The van der Waals surface area contributed by atoms with Crippen molar-refractivity contribution in [3.63, 3.8) is 0 Å². The van der Waals surface area contributed by atoms with Crippen molar-refractivity contribution in [1.29, 1.82) is 0 Å². The average molecular weight is 244 g/mol. The Balaban J connectivity index is 1.98. The van der Waals surface area contributed by atoms with Crippen LogP contribution in [0.5, 0.6) is 0 Å². The molecule has 0 aromatic heterocycles. The lowest BCUT2D eigenvalue weighted by Crippen LogP contribution is -2.32. The summed E-state index contributed by atoms with van der Waals surface area (Å²) in [6, 6.07) is 0. The van der Waals surface area contributed by atoms with E-state index >= 15 is 0 Å². The topological polar surface area (TPSA) is 41.6 Å². The summed E-state index contributed by atoms with van der Waals surface area (Å²) in [7, 11) is 0. The molecule has 0 saturated carbocycles. The molecule has 0 spiro atoms. The van der Waals surface area contributed by atoms with E-state index in [1.54, 1.807) is 4.90 Å². The van der Waals surface area contributed by atoms with Crippen LogP contribution in [0.2, 0.25) is 0 Å². The second-order valence-electron chi connectivity index (χ2n) is 3.88. The van der Waals surface area contributed by atoms with Crippen molar-refractivity contribution in [1.82, 2.24) is 10.2 Å². The largest absolute Gasteiger partial charge is 0.381 e. The van der Waals surface area contributed by atoms with Crippen molar-refractivity contribution >= 4 is 23.2 Å². The molecule has 1 rings (SSSR count). The smallest absolute Gasteiger partial charge is 0.248 e. The molecule has 16 heavy (non-hydrogen) atoms. The lowest BCUT2D eigenvalue weighted by atomic mass is 10.3. The summed E-state index contributed by atoms with van der Waals surface area (Å²) in [5, 5.41) is 3.41. The fourth-order valence-corrected chi connectivity index (χ4v) is 1.83. The lowest BCUT2D eigenvalue weighted by molar-refractivity contribution is -0.124. The van der Waals surface area contributed by atoms with Gasteiger partial charge in [0.05, 0.1) is 6.54 Å². The Hall–Kier alpha value is -0.680. The standard InChI is InChI=1S/C11H20N2O2S/c1-2-3-4-7-15-8-5-6-13-10(14)9-12-11(13)16/h2-9H2,1H3,(H,12,16). The van der Waals surface area contributed by atoms with Gasteiger partial charge in [0, 0.05) is 19.8 Å². The second-order valence-corrected chi connectivity index (χ2v) is 4.26. The molecule has 0 unspecified atom stereocenters. The molecule has 1 aliphatic heterocycles. The van der Waals surface area contributed by atoms with Crippen LogP contribution in [0.15, 0.2) is 0 Å². The van der Waals surface area contributed by atoms with Crippen LogP contribution in [-0.2, 0) is 9.53 Å². The molecule has 1 aliphatic rings. The molecule has 5 heteroatoms. The van der Waals surface area contributed by atoms with Crippen LogP contribution in [0, 0.1) is 0 Å². The van der Waals surface area contributed by atoms with Gasteiger partial charge in [-0.3, -0.25) is 9.69 Å². The minimum absolute atomic E-state index is 0.0657. The molecule has 1 fully saturated rings. The molecule has 1 saturated heterocycles. The van der Waals surface area contributed by atoms with Gasteiger partial charge in [-0.1, -0.05) is 19.8 Å². The zero-order chi connectivity index (χ0) is 11.8. The van der Waals surface area contributed by atoms with Crippen LogP contribution in [0.3, 0.4) is 0 Å². The van der Waals surface area contributed by atoms with Crippen molar-refractivity contribution in [3.8, 4) is 0 Å². The van der Waals surface area contributed by atoms with Gasteiger partial charge in [0.15, 0.2) is 5.11 Å². The van der Waals surface area contributed by atoms with Gasteiger partial charge in [-0.2, -0.15) is 0 Å². The van der Waals surface area contributed by atoms with Gasteiger partial charge in [0.25, 0.3) is 0 Å². The molecule has 1 N–H and O–H groups in total. The van der Waals surface area contributed by atoms with Crippen molar-refractivity contribution in [2.75, 3.05) is 26.3 Å². The minimum atomic E-state index is 0.0657. The number of hydrogen-bond acceptors (Lipinski definition) is 3. The van der Waals surface area contributed by atoms with Crippen LogP contribution < -0.4 is 5.32 Å². The predicted octanol–water partition coefficient (Wildman–Crippen LogP) is 1.30. The third-order valence-electron chi connectivity index (χ3n) is 2.50. The average Bonchev–Trinajstić information content (AvgIpc) is 2.59. The molecule has 1 heterocycles. The maximum atomic E-state index is 11.3. The zero-order valence-electron chi connectivity index (χ0n) is 9.83. The Morgan fingerprint density at radius 3 is 2.75 bits per heavy atom. The third kappa shape index (κ3) is 4.45. The summed E-state index contributed by atoms with van der Waals surface area (Å²) in [6.07, 6.45) is 4.41. The fourth-order valence-electron chi connectivity index (χ4n) is 1.56. The number of thiocarbonyl (C=S) groups is 1. The Bertz CT molecular complexity index is 230. The number of unbranched alkanes of at least 4 members (excludes halogenated alkanes) is 2. The highest BCUT2D eigenvalue weighted by Crippen LogP contribution is 2.01. The van der Waals surface area contributed by atoms with Crippen LogP contribution in [0.4, 0.5) is 0 Å². The van der Waals surface area contributed by atoms with Crippen LogP contribution in [0.1, 0.15) is 32.6 Å². The maximum Gasteiger partial charge on any atom is 0.248 e. The summed E-state index contributed by atoms with van der Waals surface area (Å²) in [6.45, 7) is 4.71. The number of carbonyl (C=O) groups excluding carboxylic acids is 1. The van der Waals surface area contributed by atoms with Gasteiger partial charge >= 0.3 is 0 Å². The Labute approximate surface area is 102 Å². The molecule has 0 aromatic carbocycles. The van der Waals surface area contributed by atoms with E-state index in [4.69, 9.17) is 17.0 Å². The molecule has 0 radical (unpaired) electrons. The number of amides is 1. The SMILES string of the molecule is CCCCCOCCCN1C(=O)CNC1=S. The van der Waals surface area contributed by atoms with E-state index in [-0.39, 0.29) is 5.91 Å². The number of nitrogens with one attached hydrogen (secondary N) is 1. The van der Waals surface area contributed by atoms with Crippen molar-refractivity contribution < 1.29 is 9.53 Å². The fraction of sp³-hybridized carbons (Fsp3) is 0.818. The molecule has 0 atom stereocenters. The van der Waals surface area contributed by atoms with Gasteiger partial charge in [-0.25, -0.2) is 0 Å². The highest BCUT2D eigenvalue weighted by molar-refractivity contribution is 7.80. The molecule has 4 nitrogen and oxygen atoms in total. The monoisotopic (exact) mass is 244 g/mol. The normalized spacial score (nSPS) is 15.7. The molecule has 0 bridgehead atoms. The van der Waals surface area contributed by atoms with Gasteiger partial charge in [-0.15, -0.1) is 0 Å². The van der Waals surface area contributed by atoms with E-state index in [1.807, 2.05) is 0 Å². The summed E-state index contributed by atoms with van der Waals surface area (Å²) in [4.78, 5) is 12.9. The Morgan fingerprint density at radius 1 is 1.38 bits per heavy atom. The first-order chi connectivity index (χ1) is 7.75. The van der Waals surface area contributed by atoms with E-state index in [0.717, 1.165) is 19.4 Å². The van der Waals surface area contributed by atoms with E-state index in [2.05, 4.69) is 12.2 Å². The highest BCUT2D eigenvalue weighted by Gasteiger charge is 2.24. The zero-order valence-corrected chi connectivity index (χ0v) is 10.6. The summed E-state index contributed by atoms with van der Waals surface area (Å²) < 4.78 is 5.46. The van der Waals surface area contributed by atoms with Gasteiger partial charge in [0.2, 0.25) is 5.91 Å².